The van der Waals surface area contributed by atoms with Crippen molar-refractivity contribution in [2.75, 3.05) is 0 Å². The summed E-state index contributed by atoms with van der Waals surface area (Å²) in [6.07, 6.45) is 1.80. The number of benzene rings is 2. The van der Waals surface area contributed by atoms with E-state index in [4.69, 9.17) is 4.74 Å². The minimum Gasteiger partial charge on any atom is -0.471 e. The minimum atomic E-state index is -0.224. The maximum Gasteiger partial charge on any atom is 0.238 e. The molecule has 5 heteroatoms. The maximum atomic E-state index is 13.3. The van der Waals surface area contributed by atoms with Crippen LogP contribution in [0.4, 0.5) is 4.39 Å². The number of hydrogen-bond acceptors (Lipinski definition) is 2. The molecule has 0 saturated carbocycles. The summed E-state index contributed by atoms with van der Waals surface area (Å²) in [6.45, 7) is 9.52. The molecule has 0 amide bonds. The van der Waals surface area contributed by atoms with E-state index in [2.05, 4.69) is 55.4 Å². The number of rotatable bonds is 5. The number of hydrogen-bond donors (Lipinski definition) is 0. The molecule has 0 aliphatic rings. The Kier molecular flexibility index (Phi) is 6.47. The molecular weight excluding hydrogens is 399 g/mol. The molecule has 0 fully saturated rings. The Morgan fingerprint density at radius 1 is 0.900 bits per heavy atom. The molecule has 156 valence electrons. The van der Waals surface area contributed by atoms with E-state index >= 15 is 0 Å². The van der Waals surface area contributed by atoms with Gasteiger partial charge in [0.1, 0.15) is 17.9 Å². The lowest BCUT2D eigenvalue weighted by Gasteiger charge is -2.13. The number of pyridine rings is 1. The zero-order valence-electron chi connectivity index (χ0n) is 17.7. The predicted molar refractivity (Wildman–Crippen MR) is 122 cm³/mol. The Balaban J connectivity index is 0.00000256. The van der Waals surface area contributed by atoms with Crippen LogP contribution in [0.1, 0.15) is 33.5 Å². The van der Waals surface area contributed by atoms with Crippen molar-refractivity contribution in [3.8, 4) is 5.88 Å². The normalized spacial score (nSPS) is 10.8. The van der Waals surface area contributed by atoms with Crippen LogP contribution in [0, 0.1) is 33.5 Å². The Bertz CT molecular complexity index is 1160. The predicted octanol–water partition coefficient (Wildman–Crippen LogP) is 6.46. The molecule has 0 bridgehead atoms. The third kappa shape index (κ3) is 4.34. The lowest BCUT2D eigenvalue weighted by Crippen LogP contribution is -2.05. The van der Waals surface area contributed by atoms with E-state index in [0.29, 0.717) is 19.0 Å². The van der Waals surface area contributed by atoms with E-state index in [-0.39, 0.29) is 18.2 Å². The van der Waals surface area contributed by atoms with Gasteiger partial charge in [-0.05, 0) is 62.6 Å². The molecule has 3 nitrogen and oxygen atoms in total. The molecule has 4 rings (SSSR count). The van der Waals surface area contributed by atoms with E-state index in [1.165, 1.54) is 28.8 Å². The summed E-state index contributed by atoms with van der Waals surface area (Å²) in [5.41, 5.74) is 7.97. The van der Waals surface area contributed by atoms with Crippen LogP contribution in [0.15, 0.2) is 54.7 Å². The Hall–Kier alpha value is -2.85. The molecule has 0 N–H and O–H groups in total. The van der Waals surface area contributed by atoms with Crippen LogP contribution in [0.25, 0.3) is 10.9 Å². The number of aryl methyl sites for hydroxylation is 3. The average Bonchev–Trinajstić information content (AvgIpc) is 2.93. The number of aromatic nitrogens is 2. The molecule has 0 saturated heterocycles. The average molecular weight is 425 g/mol. The molecule has 0 unspecified atom stereocenters. The molecule has 2 aromatic heterocycles. The van der Waals surface area contributed by atoms with Gasteiger partial charge in [-0.15, -0.1) is 12.4 Å². The van der Waals surface area contributed by atoms with Gasteiger partial charge in [0.25, 0.3) is 0 Å². The molecule has 4 aromatic rings. The van der Waals surface area contributed by atoms with Crippen LogP contribution in [0.3, 0.4) is 0 Å². The first kappa shape index (κ1) is 21.8. The smallest absolute Gasteiger partial charge is 0.238 e. The lowest BCUT2D eigenvalue weighted by atomic mass is 10.1. The van der Waals surface area contributed by atoms with Gasteiger partial charge < -0.3 is 9.30 Å². The van der Waals surface area contributed by atoms with Crippen molar-refractivity contribution in [2.24, 2.45) is 0 Å². The highest BCUT2D eigenvalue weighted by atomic mass is 35.5. The van der Waals surface area contributed by atoms with Crippen molar-refractivity contribution in [2.45, 2.75) is 40.8 Å². The minimum absolute atomic E-state index is 0. The summed E-state index contributed by atoms with van der Waals surface area (Å²) in [7, 11) is 0. The van der Waals surface area contributed by atoms with Gasteiger partial charge in [0, 0.05) is 23.8 Å². The van der Waals surface area contributed by atoms with Crippen molar-refractivity contribution in [3.63, 3.8) is 0 Å². The van der Waals surface area contributed by atoms with Crippen LogP contribution < -0.4 is 4.74 Å². The monoisotopic (exact) mass is 424 g/mol. The highest BCUT2D eigenvalue weighted by molar-refractivity contribution is 5.89. The van der Waals surface area contributed by atoms with Crippen molar-refractivity contribution < 1.29 is 9.13 Å². The van der Waals surface area contributed by atoms with Crippen molar-refractivity contribution in [1.82, 2.24) is 9.55 Å². The second-order valence-electron chi connectivity index (χ2n) is 7.72. The maximum absolute atomic E-state index is 13.3. The van der Waals surface area contributed by atoms with Gasteiger partial charge in [-0.2, -0.15) is 0 Å². The summed E-state index contributed by atoms with van der Waals surface area (Å²) in [5.74, 6) is 0.401. The quantitative estimate of drug-likeness (QED) is 0.367. The third-order valence-electron chi connectivity index (χ3n) is 5.42. The fourth-order valence-electron chi connectivity index (χ4n) is 3.94. The van der Waals surface area contributed by atoms with Crippen molar-refractivity contribution in [3.05, 3.63) is 94.1 Å². The first-order chi connectivity index (χ1) is 13.9. The second-order valence-corrected chi connectivity index (χ2v) is 7.72. The molecule has 0 spiro atoms. The summed E-state index contributed by atoms with van der Waals surface area (Å²) in [5, 5.41) is 1.13. The zero-order valence-corrected chi connectivity index (χ0v) is 18.5. The Morgan fingerprint density at radius 2 is 1.57 bits per heavy atom. The standard InChI is InChI=1S/C25H25FN2O.ClH/c1-16-11-17(2)13-21(12-16)15-29-25-24-23(9-10-27-25)18(3)19(4)28(24)14-20-5-7-22(26)8-6-20;/h5-13H,14-15H2,1-4H3;1H. The fraction of sp³-hybridized carbons (Fsp3) is 0.240. The van der Waals surface area contributed by atoms with Gasteiger partial charge in [-0.3, -0.25) is 0 Å². The summed E-state index contributed by atoms with van der Waals surface area (Å²) in [6, 6.07) is 15.1. The zero-order chi connectivity index (χ0) is 20.5. The van der Waals surface area contributed by atoms with Gasteiger partial charge in [0.2, 0.25) is 5.88 Å². The molecule has 2 aromatic carbocycles. The lowest BCUT2D eigenvalue weighted by molar-refractivity contribution is 0.296. The number of halogens is 2. The van der Waals surface area contributed by atoms with Gasteiger partial charge in [0.05, 0.1) is 0 Å². The molecule has 30 heavy (non-hydrogen) atoms. The van der Waals surface area contributed by atoms with Crippen LogP contribution in [0.5, 0.6) is 5.88 Å². The Morgan fingerprint density at radius 3 is 2.23 bits per heavy atom. The van der Waals surface area contributed by atoms with E-state index in [1.54, 1.807) is 6.20 Å². The first-order valence-electron chi connectivity index (χ1n) is 9.81. The van der Waals surface area contributed by atoms with Crippen LogP contribution >= 0.6 is 12.4 Å². The summed E-state index contributed by atoms with van der Waals surface area (Å²) in [4.78, 5) is 4.53. The molecule has 0 atom stereocenters. The number of nitrogens with zero attached hydrogens (tertiary/aromatic N) is 2. The number of fused-ring (bicyclic) bond motifs is 1. The largest absolute Gasteiger partial charge is 0.471 e. The van der Waals surface area contributed by atoms with Crippen LogP contribution in [-0.4, -0.2) is 9.55 Å². The van der Waals surface area contributed by atoms with Crippen molar-refractivity contribution in [1.29, 1.82) is 0 Å². The van der Waals surface area contributed by atoms with Crippen LogP contribution in [0.2, 0.25) is 0 Å². The summed E-state index contributed by atoms with van der Waals surface area (Å²) >= 11 is 0. The van der Waals surface area contributed by atoms with Gasteiger partial charge >= 0.3 is 0 Å². The molecule has 0 aliphatic heterocycles. The van der Waals surface area contributed by atoms with Gasteiger partial charge in [-0.1, -0.05) is 41.5 Å². The fourth-order valence-corrected chi connectivity index (χ4v) is 3.94. The number of ether oxygens (including phenoxy) is 1. The highest BCUT2D eigenvalue weighted by Crippen LogP contribution is 2.32. The highest BCUT2D eigenvalue weighted by Gasteiger charge is 2.17. The van der Waals surface area contributed by atoms with Crippen molar-refractivity contribution >= 4 is 23.3 Å². The molecule has 2 heterocycles. The van der Waals surface area contributed by atoms with E-state index in [9.17, 15) is 4.39 Å². The van der Waals surface area contributed by atoms with E-state index in [1.807, 2.05) is 18.2 Å². The SMILES string of the molecule is Cc1cc(C)cc(COc2nccc3c(C)c(C)n(Cc4ccc(F)cc4)c23)c1.Cl. The molecule has 0 radical (unpaired) electrons. The third-order valence-corrected chi connectivity index (χ3v) is 5.42. The van der Waals surface area contributed by atoms with E-state index in [0.717, 1.165) is 27.7 Å². The molecular formula is C25H26ClFN2O. The first-order valence-corrected chi connectivity index (χ1v) is 9.81. The van der Waals surface area contributed by atoms with Gasteiger partial charge in [0.15, 0.2) is 0 Å². The second kappa shape index (κ2) is 8.88. The topological polar surface area (TPSA) is 27.1 Å². The molecule has 0 aliphatic carbocycles. The Labute approximate surface area is 182 Å². The summed E-state index contributed by atoms with van der Waals surface area (Å²) < 4.78 is 21.7. The van der Waals surface area contributed by atoms with Crippen LogP contribution in [-0.2, 0) is 13.2 Å². The van der Waals surface area contributed by atoms with Gasteiger partial charge in [-0.25, -0.2) is 9.37 Å². The van der Waals surface area contributed by atoms with E-state index < -0.39 is 0 Å².